The molecular formula is C31H32N4O4. The van der Waals surface area contributed by atoms with Gasteiger partial charge in [-0.3, -0.25) is 19.2 Å². The topological polar surface area (TPSA) is 85.7 Å². The van der Waals surface area contributed by atoms with Crippen LogP contribution in [0.5, 0.6) is 11.5 Å². The highest BCUT2D eigenvalue weighted by atomic mass is 16.5. The number of nitrogens with one attached hydrogen (secondary N) is 1. The Morgan fingerprint density at radius 1 is 1.00 bits per heavy atom. The van der Waals surface area contributed by atoms with E-state index in [-0.39, 0.29) is 24.9 Å². The molecule has 0 fully saturated rings. The summed E-state index contributed by atoms with van der Waals surface area (Å²) >= 11 is 0. The summed E-state index contributed by atoms with van der Waals surface area (Å²) in [7, 11) is 3.22. The van der Waals surface area contributed by atoms with E-state index >= 15 is 0 Å². The number of hydrogen-bond acceptors (Lipinski definition) is 5. The molecule has 2 heterocycles. The molecule has 0 aliphatic carbocycles. The number of benzene rings is 3. The molecule has 0 bridgehead atoms. The number of hydrogen-bond donors (Lipinski definition) is 1. The van der Waals surface area contributed by atoms with Crippen LogP contribution in [0.4, 0.5) is 5.69 Å². The fourth-order valence-electron chi connectivity index (χ4n) is 5.04. The van der Waals surface area contributed by atoms with E-state index in [4.69, 9.17) is 14.6 Å². The summed E-state index contributed by atoms with van der Waals surface area (Å²) in [6.45, 7) is 6.17. The van der Waals surface area contributed by atoms with E-state index in [1.165, 1.54) is 0 Å². The number of methoxy groups -OCH3 is 2. The van der Waals surface area contributed by atoms with Gasteiger partial charge in [0.25, 0.3) is 5.91 Å². The molecule has 1 aliphatic heterocycles. The maximum atomic E-state index is 14.2. The standard InChI is InChI=1S/C31H32N4O4/c1-20-10-11-21(2)26(16-20)35-29(36)27-17-25(22-12-14-24(38-4)15-13-22)33-34(27)19-31(35,3)30(37)32-18-23-8-6-7-9-28(23)39-5/h6-17H,18-19H2,1-5H3,(H,32,37)/t31-/m1/s1. The minimum Gasteiger partial charge on any atom is -0.497 e. The molecular weight excluding hydrogens is 492 g/mol. The number of anilines is 1. The Morgan fingerprint density at radius 3 is 2.46 bits per heavy atom. The lowest BCUT2D eigenvalue weighted by atomic mass is 9.92. The van der Waals surface area contributed by atoms with E-state index in [0.29, 0.717) is 22.8 Å². The van der Waals surface area contributed by atoms with Crippen molar-refractivity contribution in [3.05, 3.63) is 95.2 Å². The van der Waals surface area contributed by atoms with Crippen molar-refractivity contribution in [1.29, 1.82) is 0 Å². The van der Waals surface area contributed by atoms with Gasteiger partial charge in [0.1, 0.15) is 22.7 Å². The molecule has 0 saturated carbocycles. The van der Waals surface area contributed by atoms with E-state index < -0.39 is 5.54 Å². The molecule has 0 saturated heterocycles. The molecule has 8 heteroatoms. The Labute approximate surface area is 228 Å². The number of fused-ring (bicyclic) bond motifs is 1. The van der Waals surface area contributed by atoms with Gasteiger partial charge in [-0.1, -0.05) is 30.3 Å². The highest BCUT2D eigenvalue weighted by Gasteiger charge is 2.49. The fraction of sp³-hybridized carbons (Fsp3) is 0.258. The third-order valence-corrected chi connectivity index (χ3v) is 7.27. The number of nitrogens with zero attached hydrogens (tertiary/aromatic N) is 3. The minimum atomic E-state index is -1.24. The number of aryl methyl sites for hydroxylation is 2. The molecule has 0 spiro atoms. The SMILES string of the molecule is COc1ccc(-c2cc3n(n2)C[C@](C)(C(=O)NCc2ccccc2OC)N(c2cc(C)ccc2C)C3=O)cc1. The van der Waals surface area contributed by atoms with Gasteiger partial charge in [-0.15, -0.1) is 0 Å². The first-order chi connectivity index (χ1) is 18.7. The Morgan fingerprint density at radius 2 is 1.74 bits per heavy atom. The first-order valence-electron chi connectivity index (χ1n) is 12.8. The first-order valence-corrected chi connectivity index (χ1v) is 12.8. The summed E-state index contributed by atoms with van der Waals surface area (Å²) in [4.78, 5) is 29.8. The van der Waals surface area contributed by atoms with Crippen LogP contribution in [0.3, 0.4) is 0 Å². The molecule has 1 aliphatic rings. The molecule has 4 aromatic rings. The van der Waals surface area contributed by atoms with Gasteiger partial charge >= 0.3 is 0 Å². The second-order valence-electron chi connectivity index (χ2n) is 10.00. The van der Waals surface area contributed by atoms with Crippen molar-refractivity contribution < 1.29 is 19.1 Å². The predicted octanol–water partition coefficient (Wildman–Crippen LogP) is 4.92. The molecule has 2 amide bonds. The highest BCUT2D eigenvalue weighted by molar-refractivity contribution is 6.12. The number of carbonyl (C=O) groups excluding carboxylic acids is 2. The van der Waals surface area contributed by atoms with Crippen molar-refractivity contribution in [2.75, 3.05) is 19.1 Å². The van der Waals surface area contributed by atoms with Gasteiger partial charge in [0.2, 0.25) is 5.91 Å². The van der Waals surface area contributed by atoms with Crippen LogP contribution in [0.1, 0.15) is 34.1 Å². The summed E-state index contributed by atoms with van der Waals surface area (Å²) in [5.41, 5.74) is 4.14. The lowest BCUT2D eigenvalue weighted by Gasteiger charge is -2.43. The van der Waals surface area contributed by atoms with Gasteiger partial charge in [0.15, 0.2) is 0 Å². The largest absolute Gasteiger partial charge is 0.497 e. The average molecular weight is 525 g/mol. The Balaban J connectivity index is 1.55. The zero-order chi connectivity index (χ0) is 27.7. The van der Waals surface area contributed by atoms with Crippen molar-refractivity contribution >= 4 is 17.5 Å². The van der Waals surface area contributed by atoms with Crippen LogP contribution in [0.2, 0.25) is 0 Å². The maximum Gasteiger partial charge on any atom is 0.277 e. The first kappa shape index (κ1) is 26.0. The molecule has 0 radical (unpaired) electrons. The van der Waals surface area contributed by atoms with Crippen LogP contribution in [0.15, 0.2) is 72.8 Å². The lowest BCUT2D eigenvalue weighted by molar-refractivity contribution is -0.126. The van der Waals surface area contributed by atoms with Gasteiger partial charge in [-0.25, -0.2) is 0 Å². The monoisotopic (exact) mass is 524 g/mol. The average Bonchev–Trinajstić information content (AvgIpc) is 3.37. The van der Waals surface area contributed by atoms with Crippen molar-refractivity contribution in [2.45, 2.75) is 39.4 Å². The molecule has 3 aromatic carbocycles. The Hall–Kier alpha value is -4.59. The number of para-hydroxylation sites is 1. The second-order valence-corrected chi connectivity index (χ2v) is 10.00. The van der Waals surface area contributed by atoms with Crippen molar-refractivity contribution in [2.24, 2.45) is 0 Å². The number of ether oxygens (including phenoxy) is 2. The van der Waals surface area contributed by atoms with Crippen molar-refractivity contribution in [3.63, 3.8) is 0 Å². The van der Waals surface area contributed by atoms with Gasteiger partial charge < -0.3 is 14.8 Å². The number of rotatable bonds is 7. The summed E-state index contributed by atoms with van der Waals surface area (Å²) in [6, 6.07) is 22.8. The van der Waals surface area contributed by atoms with Gasteiger partial charge in [-0.2, -0.15) is 5.10 Å². The minimum absolute atomic E-state index is 0.190. The zero-order valence-electron chi connectivity index (χ0n) is 22.8. The van der Waals surface area contributed by atoms with Crippen LogP contribution in [-0.4, -0.2) is 41.4 Å². The third-order valence-electron chi connectivity index (χ3n) is 7.27. The zero-order valence-corrected chi connectivity index (χ0v) is 22.8. The third kappa shape index (κ3) is 4.74. The van der Waals surface area contributed by atoms with Crippen LogP contribution < -0.4 is 19.7 Å². The smallest absolute Gasteiger partial charge is 0.277 e. The number of carbonyl (C=O) groups is 2. The van der Waals surface area contributed by atoms with Crippen molar-refractivity contribution in [1.82, 2.24) is 15.1 Å². The van der Waals surface area contributed by atoms with Crippen LogP contribution in [0, 0.1) is 13.8 Å². The summed E-state index contributed by atoms with van der Waals surface area (Å²) in [5.74, 6) is 0.860. The Bertz CT molecular complexity index is 1540. The second kappa shape index (κ2) is 10.3. The van der Waals surface area contributed by atoms with Gasteiger partial charge in [0.05, 0.1) is 26.5 Å². The molecule has 1 atom stereocenters. The molecule has 200 valence electrons. The molecule has 39 heavy (non-hydrogen) atoms. The van der Waals surface area contributed by atoms with E-state index in [1.54, 1.807) is 36.8 Å². The van der Waals surface area contributed by atoms with E-state index in [2.05, 4.69) is 5.32 Å². The molecule has 5 rings (SSSR count). The molecule has 0 unspecified atom stereocenters. The van der Waals surface area contributed by atoms with E-state index in [0.717, 1.165) is 28.0 Å². The number of aromatic nitrogens is 2. The van der Waals surface area contributed by atoms with Crippen LogP contribution in [0.25, 0.3) is 11.3 Å². The maximum absolute atomic E-state index is 14.2. The lowest BCUT2D eigenvalue weighted by Crippen LogP contribution is -2.64. The summed E-state index contributed by atoms with van der Waals surface area (Å²) in [6.07, 6.45) is 0. The van der Waals surface area contributed by atoms with Gasteiger partial charge in [-0.05, 0) is 74.4 Å². The highest BCUT2D eigenvalue weighted by Crippen LogP contribution is 2.36. The van der Waals surface area contributed by atoms with Crippen LogP contribution >= 0.6 is 0 Å². The van der Waals surface area contributed by atoms with E-state index in [9.17, 15) is 9.59 Å². The van der Waals surface area contributed by atoms with Crippen LogP contribution in [-0.2, 0) is 17.9 Å². The summed E-state index contributed by atoms with van der Waals surface area (Å²) in [5, 5.41) is 7.80. The van der Waals surface area contributed by atoms with E-state index in [1.807, 2.05) is 80.6 Å². The van der Waals surface area contributed by atoms with Gasteiger partial charge in [0, 0.05) is 23.4 Å². The molecule has 1 aromatic heterocycles. The predicted molar refractivity (Wildman–Crippen MR) is 150 cm³/mol. The van der Waals surface area contributed by atoms with Crippen molar-refractivity contribution in [3.8, 4) is 22.8 Å². The quantitative estimate of drug-likeness (QED) is 0.371. The fourth-order valence-corrected chi connectivity index (χ4v) is 5.04. The summed E-state index contributed by atoms with van der Waals surface area (Å²) < 4.78 is 12.4. The Kier molecular flexibility index (Phi) is 6.87. The normalized spacial score (nSPS) is 16.5. The number of amides is 2. The molecule has 8 nitrogen and oxygen atoms in total. The molecule has 1 N–H and O–H groups in total.